The van der Waals surface area contributed by atoms with Crippen LogP contribution in [0.3, 0.4) is 0 Å². The minimum Gasteiger partial charge on any atom is -0.370 e. The highest BCUT2D eigenvalue weighted by atomic mass is 16.5. The molecule has 0 aliphatic heterocycles. The Bertz CT molecular complexity index is 322. The van der Waals surface area contributed by atoms with Crippen molar-refractivity contribution in [1.29, 1.82) is 0 Å². The van der Waals surface area contributed by atoms with E-state index in [4.69, 9.17) is 4.74 Å². The van der Waals surface area contributed by atoms with Gasteiger partial charge in [0.2, 0.25) is 0 Å². The number of hydrogen-bond acceptors (Lipinski definition) is 2. The molecule has 0 N–H and O–H groups in total. The molecule has 0 bridgehead atoms. The number of ether oxygens (including phenoxy) is 1. The van der Waals surface area contributed by atoms with Crippen molar-refractivity contribution >= 4 is 5.78 Å². The van der Waals surface area contributed by atoms with Gasteiger partial charge in [0.1, 0.15) is 5.60 Å². The van der Waals surface area contributed by atoms with Gasteiger partial charge in [-0.05, 0) is 49.9 Å². The van der Waals surface area contributed by atoms with Gasteiger partial charge in [0.15, 0.2) is 5.78 Å². The van der Waals surface area contributed by atoms with Gasteiger partial charge in [-0.15, -0.1) is 0 Å². The maximum atomic E-state index is 12.9. The van der Waals surface area contributed by atoms with Crippen molar-refractivity contribution in [3.05, 3.63) is 0 Å². The van der Waals surface area contributed by atoms with Crippen LogP contribution in [0.2, 0.25) is 0 Å². The van der Waals surface area contributed by atoms with Gasteiger partial charge in [-0.1, -0.05) is 33.6 Å². The maximum absolute atomic E-state index is 12.9. The van der Waals surface area contributed by atoms with Gasteiger partial charge in [0.25, 0.3) is 0 Å². The van der Waals surface area contributed by atoms with Crippen LogP contribution in [0, 0.1) is 17.3 Å². The van der Waals surface area contributed by atoms with Crippen LogP contribution in [0.5, 0.6) is 0 Å². The average Bonchev–Trinajstić information content (AvgIpc) is 2.39. The zero-order chi connectivity index (χ0) is 14.1. The molecule has 110 valence electrons. The number of methoxy groups -OCH3 is 1. The minimum atomic E-state index is -0.461. The monoisotopic (exact) mass is 266 g/mol. The van der Waals surface area contributed by atoms with E-state index in [2.05, 4.69) is 20.8 Å². The van der Waals surface area contributed by atoms with Crippen LogP contribution in [0.15, 0.2) is 0 Å². The third-order valence-electron chi connectivity index (χ3n) is 5.56. The first-order valence-electron chi connectivity index (χ1n) is 7.98. The Morgan fingerprint density at radius 3 is 2.26 bits per heavy atom. The van der Waals surface area contributed by atoms with Gasteiger partial charge in [-0.2, -0.15) is 0 Å². The topological polar surface area (TPSA) is 26.3 Å². The Kier molecular flexibility index (Phi) is 4.39. The van der Waals surface area contributed by atoms with E-state index < -0.39 is 5.60 Å². The predicted octanol–water partition coefficient (Wildman–Crippen LogP) is 4.37. The molecule has 2 heteroatoms. The van der Waals surface area contributed by atoms with Crippen molar-refractivity contribution in [3.8, 4) is 0 Å². The molecule has 0 radical (unpaired) electrons. The summed E-state index contributed by atoms with van der Waals surface area (Å²) in [4.78, 5) is 12.9. The number of hydrogen-bond donors (Lipinski definition) is 0. The van der Waals surface area contributed by atoms with E-state index in [-0.39, 0.29) is 5.92 Å². The highest BCUT2D eigenvalue weighted by Crippen LogP contribution is 2.44. The maximum Gasteiger partial charge on any atom is 0.167 e. The van der Waals surface area contributed by atoms with E-state index >= 15 is 0 Å². The number of rotatable bonds is 3. The molecule has 2 unspecified atom stereocenters. The smallest absolute Gasteiger partial charge is 0.167 e. The van der Waals surface area contributed by atoms with Crippen LogP contribution >= 0.6 is 0 Å². The Balaban J connectivity index is 2.06. The molecule has 2 saturated carbocycles. The highest BCUT2D eigenvalue weighted by Gasteiger charge is 2.46. The summed E-state index contributed by atoms with van der Waals surface area (Å²) in [6, 6.07) is 0. The lowest BCUT2D eigenvalue weighted by Gasteiger charge is -2.43. The van der Waals surface area contributed by atoms with Crippen molar-refractivity contribution in [2.75, 3.05) is 7.11 Å². The van der Waals surface area contributed by atoms with Gasteiger partial charge in [0.05, 0.1) is 0 Å². The van der Waals surface area contributed by atoms with E-state index in [1.165, 1.54) is 12.8 Å². The van der Waals surface area contributed by atoms with Crippen LogP contribution < -0.4 is 0 Å². The molecule has 0 heterocycles. The van der Waals surface area contributed by atoms with Crippen molar-refractivity contribution < 1.29 is 9.53 Å². The van der Waals surface area contributed by atoms with Crippen molar-refractivity contribution in [3.63, 3.8) is 0 Å². The third kappa shape index (κ3) is 3.21. The normalized spacial score (nSPS) is 33.9. The third-order valence-corrected chi connectivity index (χ3v) is 5.56. The first-order chi connectivity index (χ1) is 8.88. The molecule has 0 saturated heterocycles. The molecule has 0 aromatic carbocycles. The molecule has 0 aromatic heterocycles. The largest absolute Gasteiger partial charge is 0.370 e. The second-order valence-corrected chi connectivity index (χ2v) is 7.70. The summed E-state index contributed by atoms with van der Waals surface area (Å²) < 4.78 is 5.77. The summed E-state index contributed by atoms with van der Waals surface area (Å²) in [5.41, 5.74) is -0.0839. The molecule has 2 aliphatic carbocycles. The van der Waals surface area contributed by atoms with E-state index in [9.17, 15) is 4.79 Å². The van der Waals surface area contributed by atoms with Gasteiger partial charge in [-0.25, -0.2) is 0 Å². The van der Waals surface area contributed by atoms with Gasteiger partial charge in [-0.3, -0.25) is 4.79 Å². The molecule has 0 spiro atoms. The first kappa shape index (κ1) is 15.0. The molecular formula is C17H30O2. The second-order valence-electron chi connectivity index (χ2n) is 7.70. The molecule has 2 rings (SSSR count). The zero-order valence-electron chi connectivity index (χ0n) is 13.1. The first-order valence-corrected chi connectivity index (χ1v) is 7.98. The summed E-state index contributed by atoms with van der Waals surface area (Å²) >= 11 is 0. The number of carbonyl (C=O) groups excluding carboxylic acids is 1. The summed E-state index contributed by atoms with van der Waals surface area (Å²) in [6.07, 6.45) is 8.70. The van der Waals surface area contributed by atoms with Gasteiger partial charge in [0, 0.05) is 13.0 Å². The Morgan fingerprint density at radius 1 is 1.11 bits per heavy atom. The van der Waals surface area contributed by atoms with Gasteiger partial charge >= 0.3 is 0 Å². The lowest BCUT2D eigenvalue weighted by atomic mass is 9.66. The number of Topliss-reactive ketones (excluding diaryl/α,β-unsaturated/α-hetero) is 1. The SMILES string of the molecule is COC1(C(=O)C2CCCC(C)C2)CCC(C)(C)CC1. The standard InChI is InChI=1S/C17H30O2/c1-13-6-5-7-14(12-13)15(18)17(19-4)10-8-16(2,3)9-11-17/h13-14H,5-12H2,1-4H3. The molecular weight excluding hydrogens is 236 g/mol. The molecule has 2 fully saturated rings. The Morgan fingerprint density at radius 2 is 1.74 bits per heavy atom. The molecule has 19 heavy (non-hydrogen) atoms. The van der Waals surface area contributed by atoms with Crippen LogP contribution in [0.4, 0.5) is 0 Å². The van der Waals surface area contributed by atoms with Crippen molar-refractivity contribution in [2.45, 2.75) is 77.7 Å². The van der Waals surface area contributed by atoms with Crippen molar-refractivity contribution in [1.82, 2.24) is 0 Å². The van der Waals surface area contributed by atoms with E-state index in [0.717, 1.165) is 38.5 Å². The second kappa shape index (κ2) is 5.55. The molecule has 2 atom stereocenters. The highest BCUT2D eigenvalue weighted by molar-refractivity contribution is 5.89. The fourth-order valence-corrected chi connectivity index (χ4v) is 3.93. The van der Waals surface area contributed by atoms with Crippen LogP contribution in [0.25, 0.3) is 0 Å². The van der Waals surface area contributed by atoms with Crippen LogP contribution in [-0.2, 0) is 9.53 Å². The number of carbonyl (C=O) groups is 1. The van der Waals surface area contributed by atoms with Crippen molar-refractivity contribution in [2.24, 2.45) is 17.3 Å². The predicted molar refractivity (Wildman–Crippen MR) is 78.1 cm³/mol. The van der Waals surface area contributed by atoms with E-state index in [0.29, 0.717) is 17.1 Å². The Labute approximate surface area is 118 Å². The minimum absolute atomic E-state index is 0.255. The lowest BCUT2D eigenvalue weighted by Crippen LogP contribution is -2.49. The lowest BCUT2D eigenvalue weighted by molar-refractivity contribution is -0.153. The van der Waals surface area contributed by atoms with E-state index in [1.807, 2.05) is 0 Å². The molecule has 2 nitrogen and oxygen atoms in total. The number of ketones is 1. The molecule has 0 aromatic rings. The summed E-state index contributed by atoms with van der Waals surface area (Å²) in [6.45, 7) is 6.89. The molecule has 2 aliphatic rings. The summed E-state index contributed by atoms with van der Waals surface area (Å²) in [5, 5.41) is 0. The average molecular weight is 266 g/mol. The van der Waals surface area contributed by atoms with Gasteiger partial charge < -0.3 is 4.74 Å². The summed E-state index contributed by atoms with van der Waals surface area (Å²) in [7, 11) is 1.74. The quantitative estimate of drug-likeness (QED) is 0.758. The van der Waals surface area contributed by atoms with E-state index in [1.54, 1.807) is 7.11 Å². The summed E-state index contributed by atoms with van der Waals surface area (Å²) in [5.74, 6) is 1.37. The Hall–Kier alpha value is -0.370. The molecule has 0 amide bonds. The zero-order valence-corrected chi connectivity index (χ0v) is 13.1. The van der Waals surface area contributed by atoms with Crippen LogP contribution in [0.1, 0.15) is 72.1 Å². The van der Waals surface area contributed by atoms with Crippen LogP contribution in [-0.4, -0.2) is 18.5 Å². The fourth-order valence-electron chi connectivity index (χ4n) is 3.93. The fraction of sp³-hybridized carbons (Fsp3) is 0.941.